The van der Waals surface area contributed by atoms with Crippen LogP contribution in [-0.2, 0) is 11.2 Å². The minimum absolute atomic E-state index is 0.153. The second kappa shape index (κ2) is 9.84. The van der Waals surface area contributed by atoms with E-state index in [1.165, 1.54) is 0 Å². The summed E-state index contributed by atoms with van der Waals surface area (Å²) in [4.78, 5) is 21.5. The van der Waals surface area contributed by atoms with Crippen molar-refractivity contribution in [2.75, 3.05) is 32.7 Å². The van der Waals surface area contributed by atoms with Crippen LogP contribution in [0.5, 0.6) is 5.75 Å². The van der Waals surface area contributed by atoms with Crippen molar-refractivity contribution >= 4 is 28.4 Å². The van der Waals surface area contributed by atoms with Crippen molar-refractivity contribution in [2.24, 2.45) is 0 Å². The average Bonchev–Trinajstić information content (AvgIpc) is 2.76. The van der Waals surface area contributed by atoms with Gasteiger partial charge in [-0.2, -0.15) is 0 Å². The summed E-state index contributed by atoms with van der Waals surface area (Å²) < 4.78 is 10.4. The van der Waals surface area contributed by atoms with Crippen LogP contribution in [0.2, 0.25) is 0 Å². The summed E-state index contributed by atoms with van der Waals surface area (Å²) in [6.45, 7) is 3.26. The predicted molar refractivity (Wildman–Crippen MR) is 114 cm³/mol. The SMILES string of the molecule is CCc1cccc2cnc(Nc3cc(C(=O)NCCCOC)ccc3OC)nc12. The molecule has 0 unspecified atom stereocenters. The van der Waals surface area contributed by atoms with E-state index in [9.17, 15) is 4.79 Å². The van der Waals surface area contributed by atoms with Gasteiger partial charge >= 0.3 is 0 Å². The van der Waals surface area contributed by atoms with Gasteiger partial charge < -0.3 is 20.1 Å². The fraction of sp³-hybridized carbons (Fsp3) is 0.318. The second-order valence-corrected chi connectivity index (χ2v) is 6.54. The van der Waals surface area contributed by atoms with Crippen LogP contribution in [0.15, 0.2) is 42.6 Å². The maximum Gasteiger partial charge on any atom is 0.251 e. The molecule has 1 aromatic heterocycles. The molecule has 3 rings (SSSR count). The molecule has 3 aromatic rings. The lowest BCUT2D eigenvalue weighted by Gasteiger charge is -2.13. The molecule has 0 saturated heterocycles. The zero-order valence-corrected chi connectivity index (χ0v) is 17.0. The van der Waals surface area contributed by atoms with Crippen molar-refractivity contribution in [3.8, 4) is 5.75 Å². The summed E-state index contributed by atoms with van der Waals surface area (Å²) in [5, 5.41) is 7.07. The van der Waals surface area contributed by atoms with E-state index in [0.717, 1.165) is 29.3 Å². The maximum absolute atomic E-state index is 12.4. The highest BCUT2D eigenvalue weighted by Gasteiger charge is 2.12. The van der Waals surface area contributed by atoms with E-state index in [4.69, 9.17) is 9.47 Å². The number of carbonyl (C=O) groups is 1. The van der Waals surface area contributed by atoms with Gasteiger partial charge in [-0.25, -0.2) is 9.97 Å². The van der Waals surface area contributed by atoms with Gasteiger partial charge in [0, 0.05) is 37.4 Å². The predicted octanol–water partition coefficient (Wildman–Crippen LogP) is 3.71. The third kappa shape index (κ3) is 5.00. The topological polar surface area (TPSA) is 85.4 Å². The number of nitrogens with one attached hydrogen (secondary N) is 2. The molecule has 29 heavy (non-hydrogen) atoms. The molecule has 0 aliphatic carbocycles. The van der Waals surface area contributed by atoms with Crippen LogP contribution in [0.1, 0.15) is 29.3 Å². The fourth-order valence-corrected chi connectivity index (χ4v) is 3.05. The molecule has 0 atom stereocenters. The highest BCUT2D eigenvalue weighted by atomic mass is 16.5. The number of amides is 1. The number of benzene rings is 2. The number of para-hydroxylation sites is 1. The lowest BCUT2D eigenvalue weighted by atomic mass is 10.1. The summed E-state index contributed by atoms with van der Waals surface area (Å²) in [6.07, 6.45) is 3.44. The smallest absolute Gasteiger partial charge is 0.251 e. The van der Waals surface area contributed by atoms with Gasteiger partial charge in [0.1, 0.15) is 5.75 Å². The van der Waals surface area contributed by atoms with Gasteiger partial charge in [0.2, 0.25) is 5.95 Å². The van der Waals surface area contributed by atoms with Gasteiger partial charge in [-0.05, 0) is 36.6 Å². The Bertz CT molecular complexity index is 991. The maximum atomic E-state index is 12.4. The average molecular weight is 394 g/mol. The van der Waals surface area contributed by atoms with Crippen LogP contribution in [-0.4, -0.2) is 43.2 Å². The van der Waals surface area contributed by atoms with Crippen molar-refractivity contribution in [2.45, 2.75) is 19.8 Å². The van der Waals surface area contributed by atoms with Crippen molar-refractivity contribution in [3.05, 3.63) is 53.7 Å². The van der Waals surface area contributed by atoms with Crippen LogP contribution >= 0.6 is 0 Å². The van der Waals surface area contributed by atoms with Gasteiger partial charge in [-0.15, -0.1) is 0 Å². The van der Waals surface area contributed by atoms with Crippen LogP contribution in [0.25, 0.3) is 10.9 Å². The summed E-state index contributed by atoms with van der Waals surface area (Å²) in [5.74, 6) is 0.905. The fourth-order valence-electron chi connectivity index (χ4n) is 3.05. The molecular formula is C22H26N4O3. The molecule has 2 aromatic carbocycles. The highest BCUT2D eigenvalue weighted by Crippen LogP contribution is 2.28. The van der Waals surface area contributed by atoms with E-state index < -0.39 is 0 Å². The van der Waals surface area contributed by atoms with Crippen molar-refractivity contribution in [1.29, 1.82) is 0 Å². The Hall–Kier alpha value is -3.19. The molecule has 0 radical (unpaired) electrons. The van der Waals surface area contributed by atoms with Gasteiger partial charge in [-0.1, -0.05) is 25.1 Å². The second-order valence-electron chi connectivity index (χ2n) is 6.54. The van der Waals surface area contributed by atoms with Crippen LogP contribution in [0.4, 0.5) is 11.6 Å². The lowest BCUT2D eigenvalue weighted by Crippen LogP contribution is -2.25. The van der Waals surface area contributed by atoms with Crippen LogP contribution in [0.3, 0.4) is 0 Å². The number of aryl methyl sites for hydroxylation is 1. The molecule has 2 N–H and O–H groups in total. The Morgan fingerprint density at radius 1 is 1.17 bits per heavy atom. The Kier molecular flexibility index (Phi) is 6.97. The molecule has 0 aliphatic heterocycles. The summed E-state index contributed by atoms with van der Waals surface area (Å²) in [7, 11) is 3.23. The summed E-state index contributed by atoms with van der Waals surface area (Å²) >= 11 is 0. The molecule has 1 heterocycles. The lowest BCUT2D eigenvalue weighted by molar-refractivity contribution is 0.0948. The number of hydrogen-bond donors (Lipinski definition) is 2. The van der Waals surface area contributed by atoms with Crippen LogP contribution in [0, 0.1) is 0 Å². The van der Waals surface area contributed by atoms with Crippen molar-refractivity contribution in [1.82, 2.24) is 15.3 Å². The van der Waals surface area contributed by atoms with Crippen molar-refractivity contribution < 1.29 is 14.3 Å². The number of ether oxygens (including phenoxy) is 2. The third-order valence-electron chi connectivity index (χ3n) is 4.59. The van der Waals surface area contributed by atoms with Gasteiger partial charge in [0.25, 0.3) is 5.91 Å². The Morgan fingerprint density at radius 2 is 2.03 bits per heavy atom. The molecule has 7 heteroatoms. The quantitative estimate of drug-likeness (QED) is 0.538. The molecule has 0 aliphatic rings. The first-order chi connectivity index (χ1) is 14.2. The third-order valence-corrected chi connectivity index (χ3v) is 4.59. The molecule has 0 bridgehead atoms. The Labute approximate surface area is 170 Å². The summed E-state index contributed by atoms with van der Waals surface area (Å²) in [5.41, 5.74) is 3.23. The largest absolute Gasteiger partial charge is 0.495 e. The van der Waals surface area contributed by atoms with E-state index in [-0.39, 0.29) is 5.91 Å². The molecule has 152 valence electrons. The number of fused-ring (bicyclic) bond motifs is 1. The molecule has 1 amide bonds. The number of methoxy groups -OCH3 is 2. The standard InChI is InChI=1S/C22H26N4O3/c1-4-15-7-5-8-17-14-24-22(26-20(15)17)25-18-13-16(9-10-19(18)29-3)21(27)23-11-6-12-28-2/h5,7-10,13-14H,4,6,11-12H2,1-3H3,(H,23,27)(H,24,25,26). The number of rotatable bonds is 9. The van der Waals surface area contributed by atoms with Gasteiger partial charge in [0.15, 0.2) is 0 Å². The molecule has 0 spiro atoms. The highest BCUT2D eigenvalue weighted by molar-refractivity contribution is 5.95. The first-order valence-corrected chi connectivity index (χ1v) is 9.63. The van der Waals surface area contributed by atoms with E-state index in [0.29, 0.717) is 36.1 Å². The van der Waals surface area contributed by atoms with E-state index >= 15 is 0 Å². The number of nitrogens with zero attached hydrogens (tertiary/aromatic N) is 2. The monoisotopic (exact) mass is 394 g/mol. The number of carbonyl (C=O) groups excluding carboxylic acids is 1. The number of anilines is 2. The first kappa shape index (κ1) is 20.5. The number of aromatic nitrogens is 2. The van der Waals surface area contributed by atoms with Gasteiger partial charge in [-0.3, -0.25) is 4.79 Å². The Morgan fingerprint density at radius 3 is 2.79 bits per heavy atom. The van der Waals surface area contributed by atoms with Gasteiger partial charge in [0.05, 0.1) is 18.3 Å². The molecule has 0 fully saturated rings. The molecule has 7 nitrogen and oxygen atoms in total. The van der Waals surface area contributed by atoms with Crippen molar-refractivity contribution in [3.63, 3.8) is 0 Å². The van der Waals surface area contributed by atoms with Crippen LogP contribution < -0.4 is 15.4 Å². The summed E-state index contributed by atoms with van der Waals surface area (Å²) in [6, 6.07) is 11.3. The van der Waals surface area contributed by atoms with E-state index in [1.54, 1.807) is 38.6 Å². The zero-order chi connectivity index (χ0) is 20.6. The zero-order valence-electron chi connectivity index (χ0n) is 17.0. The molecule has 0 saturated carbocycles. The first-order valence-electron chi connectivity index (χ1n) is 9.63. The minimum Gasteiger partial charge on any atom is -0.495 e. The normalized spacial score (nSPS) is 10.7. The number of hydrogen-bond acceptors (Lipinski definition) is 6. The van der Waals surface area contributed by atoms with E-state index in [1.807, 2.05) is 12.1 Å². The minimum atomic E-state index is -0.153. The molecular weight excluding hydrogens is 368 g/mol. The Balaban J connectivity index is 1.84. The van der Waals surface area contributed by atoms with E-state index in [2.05, 4.69) is 33.6 Å².